The van der Waals surface area contributed by atoms with Gasteiger partial charge in [0.05, 0.1) is 33.8 Å². The van der Waals surface area contributed by atoms with E-state index in [1.807, 2.05) is 6.07 Å². The first kappa shape index (κ1) is 17.3. The molecule has 1 aliphatic heterocycles. The molecule has 0 aromatic heterocycles. The summed E-state index contributed by atoms with van der Waals surface area (Å²) in [5.74, 6) is 1.83. The molecule has 112 valence electrons. The van der Waals surface area contributed by atoms with Crippen LogP contribution in [-0.2, 0) is 6.54 Å². The van der Waals surface area contributed by atoms with Crippen LogP contribution in [0.15, 0.2) is 18.2 Å². The molecule has 1 aliphatic rings. The Balaban J connectivity index is 0.00000200. The predicted octanol–water partition coefficient (Wildman–Crippen LogP) is 0.0896. The second-order valence-electron chi connectivity index (χ2n) is 6.66. The van der Waals surface area contributed by atoms with Gasteiger partial charge in [-0.2, -0.15) is 0 Å². The molecular weight excluding hydrogens is 365 g/mol. The number of halogens is 1. The molecule has 0 saturated carbocycles. The molecular formula is C16H24INO2. The van der Waals surface area contributed by atoms with E-state index in [2.05, 4.69) is 53.2 Å². The van der Waals surface area contributed by atoms with Crippen LogP contribution >= 0.6 is 0 Å². The third-order valence-electron chi connectivity index (χ3n) is 3.11. The lowest BCUT2D eigenvalue weighted by Crippen LogP contribution is -3.00. The minimum atomic E-state index is -0.250. The van der Waals surface area contributed by atoms with Crippen molar-refractivity contribution in [3.63, 3.8) is 0 Å². The number of methoxy groups -OCH3 is 1. The van der Waals surface area contributed by atoms with Gasteiger partial charge in [-0.15, -0.1) is 0 Å². The van der Waals surface area contributed by atoms with E-state index in [4.69, 9.17) is 9.47 Å². The van der Waals surface area contributed by atoms with Gasteiger partial charge in [-0.1, -0.05) is 0 Å². The van der Waals surface area contributed by atoms with E-state index < -0.39 is 0 Å². The zero-order valence-electron chi connectivity index (χ0n) is 13.2. The van der Waals surface area contributed by atoms with Crippen molar-refractivity contribution in [1.29, 1.82) is 0 Å². The maximum absolute atomic E-state index is 5.97. The molecule has 0 N–H and O–H groups in total. The smallest absolute Gasteiger partial charge is 0.138 e. The van der Waals surface area contributed by atoms with Crippen molar-refractivity contribution in [3.8, 4) is 11.5 Å². The molecule has 0 amide bonds. The Morgan fingerprint density at radius 2 is 1.85 bits per heavy atom. The largest absolute Gasteiger partial charge is 1.00 e. The number of benzene rings is 1. The zero-order valence-corrected chi connectivity index (χ0v) is 15.3. The molecule has 1 aromatic rings. The summed E-state index contributed by atoms with van der Waals surface area (Å²) in [5.41, 5.74) is 2.01. The lowest BCUT2D eigenvalue weighted by Gasteiger charge is -2.30. The molecule has 0 radical (unpaired) electrons. The van der Waals surface area contributed by atoms with Gasteiger partial charge in [-0.05, 0) is 38.1 Å². The molecule has 0 saturated heterocycles. The Morgan fingerprint density at radius 3 is 2.40 bits per heavy atom. The molecule has 0 fully saturated rings. The van der Waals surface area contributed by atoms with Crippen LogP contribution in [0.1, 0.15) is 25.0 Å². The molecule has 0 bridgehead atoms. The lowest BCUT2D eigenvalue weighted by atomic mass is 9.99. The normalized spacial score (nSPS) is 15.9. The number of ether oxygens (including phenoxy) is 2. The van der Waals surface area contributed by atoms with Crippen molar-refractivity contribution < 1.29 is 37.9 Å². The van der Waals surface area contributed by atoms with E-state index in [0.29, 0.717) is 0 Å². The summed E-state index contributed by atoms with van der Waals surface area (Å²) in [7, 11) is 8.25. The van der Waals surface area contributed by atoms with Crippen molar-refractivity contribution in [2.45, 2.75) is 26.0 Å². The number of hydrogen-bond donors (Lipinski definition) is 0. The van der Waals surface area contributed by atoms with E-state index in [-0.39, 0.29) is 29.6 Å². The number of quaternary nitrogens is 1. The van der Waals surface area contributed by atoms with E-state index >= 15 is 0 Å². The van der Waals surface area contributed by atoms with Crippen LogP contribution in [0.25, 0.3) is 6.08 Å². The Kier molecular flexibility index (Phi) is 5.13. The summed E-state index contributed by atoms with van der Waals surface area (Å²) in [4.78, 5) is 0. The molecule has 1 heterocycles. The molecule has 0 spiro atoms. The summed E-state index contributed by atoms with van der Waals surface area (Å²) >= 11 is 0. The average molecular weight is 389 g/mol. The van der Waals surface area contributed by atoms with E-state index in [1.165, 1.54) is 5.56 Å². The van der Waals surface area contributed by atoms with Gasteiger partial charge in [0, 0.05) is 5.56 Å². The minimum absolute atomic E-state index is 0. The van der Waals surface area contributed by atoms with Gasteiger partial charge in [0.15, 0.2) is 0 Å². The quantitative estimate of drug-likeness (QED) is 0.539. The molecule has 20 heavy (non-hydrogen) atoms. The fraction of sp³-hybridized carbons (Fsp3) is 0.500. The number of fused-ring (bicyclic) bond motifs is 1. The zero-order chi connectivity index (χ0) is 14.3. The van der Waals surface area contributed by atoms with Crippen LogP contribution in [0, 0.1) is 0 Å². The van der Waals surface area contributed by atoms with Crippen molar-refractivity contribution in [2.24, 2.45) is 0 Å². The van der Waals surface area contributed by atoms with Crippen molar-refractivity contribution in [1.82, 2.24) is 0 Å². The molecule has 3 nitrogen and oxygen atoms in total. The van der Waals surface area contributed by atoms with Crippen molar-refractivity contribution >= 4 is 6.08 Å². The Labute approximate surface area is 139 Å². The van der Waals surface area contributed by atoms with Crippen LogP contribution in [0.3, 0.4) is 0 Å². The van der Waals surface area contributed by atoms with Gasteiger partial charge >= 0.3 is 0 Å². The van der Waals surface area contributed by atoms with Crippen LogP contribution in [0.4, 0.5) is 0 Å². The molecule has 1 aromatic carbocycles. The first-order chi connectivity index (χ1) is 8.72. The third kappa shape index (κ3) is 3.88. The SMILES string of the molecule is COc1c(C[N+](C)(C)C)ccc2c1C=CC(C)(C)O2.[I-]. The van der Waals surface area contributed by atoms with Crippen LogP contribution in [0.5, 0.6) is 11.5 Å². The molecule has 4 heteroatoms. The van der Waals surface area contributed by atoms with Gasteiger partial charge in [0.2, 0.25) is 0 Å². The first-order valence-corrected chi connectivity index (χ1v) is 6.60. The Morgan fingerprint density at radius 1 is 1.20 bits per heavy atom. The Bertz CT molecular complexity index is 516. The predicted molar refractivity (Wildman–Crippen MR) is 78.5 cm³/mol. The van der Waals surface area contributed by atoms with Gasteiger partial charge in [-0.3, -0.25) is 0 Å². The highest BCUT2D eigenvalue weighted by atomic mass is 127. The summed E-state index contributed by atoms with van der Waals surface area (Å²) in [5, 5.41) is 0. The maximum atomic E-state index is 5.97. The van der Waals surface area contributed by atoms with Crippen LogP contribution in [-0.4, -0.2) is 38.3 Å². The van der Waals surface area contributed by atoms with Crippen LogP contribution < -0.4 is 33.5 Å². The second-order valence-corrected chi connectivity index (χ2v) is 6.66. The first-order valence-electron chi connectivity index (χ1n) is 6.60. The average Bonchev–Trinajstić information content (AvgIpc) is 2.26. The summed E-state index contributed by atoms with van der Waals surface area (Å²) < 4.78 is 12.5. The van der Waals surface area contributed by atoms with Gasteiger partial charge < -0.3 is 37.9 Å². The van der Waals surface area contributed by atoms with Gasteiger partial charge in [-0.25, -0.2) is 0 Å². The van der Waals surface area contributed by atoms with Crippen molar-refractivity contribution in [3.05, 3.63) is 29.3 Å². The third-order valence-corrected chi connectivity index (χ3v) is 3.11. The standard InChI is InChI=1S/C16H24NO2.HI/c1-16(2)10-9-13-14(19-16)8-7-12(15(13)18-6)11-17(3,4)5;/h7-10H,11H2,1-6H3;1H/q+1;/p-1. The summed E-state index contributed by atoms with van der Waals surface area (Å²) in [6, 6.07) is 4.16. The number of rotatable bonds is 3. The fourth-order valence-corrected chi connectivity index (χ4v) is 2.35. The highest BCUT2D eigenvalue weighted by Crippen LogP contribution is 2.39. The van der Waals surface area contributed by atoms with Crippen LogP contribution in [0.2, 0.25) is 0 Å². The summed E-state index contributed by atoms with van der Waals surface area (Å²) in [6.07, 6.45) is 4.18. The van der Waals surface area contributed by atoms with Crippen molar-refractivity contribution in [2.75, 3.05) is 28.3 Å². The lowest BCUT2D eigenvalue weighted by molar-refractivity contribution is -0.884. The topological polar surface area (TPSA) is 18.5 Å². The monoisotopic (exact) mass is 389 g/mol. The van der Waals surface area contributed by atoms with Gasteiger partial charge in [0.25, 0.3) is 0 Å². The summed E-state index contributed by atoms with van der Waals surface area (Å²) in [6.45, 7) is 5.03. The van der Waals surface area contributed by atoms with E-state index in [1.54, 1.807) is 7.11 Å². The molecule has 0 atom stereocenters. The fourth-order valence-electron chi connectivity index (χ4n) is 2.35. The van der Waals surface area contributed by atoms with E-state index in [9.17, 15) is 0 Å². The highest BCUT2D eigenvalue weighted by Gasteiger charge is 2.26. The number of hydrogen-bond acceptors (Lipinski definition) is 2. The number of nitrogens with zero attached hydrogens (tertiary/aromatic N) is 1. The molecule has 2 rings (SSSR count). The molecule has 0 unspecified atom stereocenters. The molecule has 0 aliphatic carbocycles. The highest BCUT2D eigenvalue weighted by molar-refractivity contribution is 5.69. The Hall–Kier alpha value is -0.750. The van der Waals surface area contributed by atoms with Gasteiger partial charge in [0.1, 0.15) is 23.6 Å². The van der Waals surface area contributed by atoms with E-state index in [0.717, 1.165) is 28.1 Å². The maximum Gasteiger partial charge on any atom is 0.138 e. The second kappa shape index (κ2) is 5.93. The minimum Gasteiger partial charge on any atom is -1.00 e.